The maximum absolute atomic E-state index is 13.5. The molecule has 2 aromatic rings. The highest BCUT2D eigenvalue weighted by molar-refractivity contribution is 6.58. The molecule has 2 N–H and O–H groups in total. The van der Waals surface area contributed by atoms with E-state index in [9.17, 15) is 8.78 Å². The van der Waals surface area contributed by atoms with E-state index in [1.807, 2.05) is 0 Å². The molecule has 0 atom stereocenters. The van der Waals surface area contributed by atoms with Crippen LogP contribution < -0.4 is 5.46 Å². The molecule has 2 aromatic carbocycles. The van der Waals surface area contributed by atoms with E-state index in [1.165, 1.54) is 24.3 Å². The lowest BCUT2D eigenvalue weighted by Gasteiger charge is -2.06. The molecule has 0 bridgehead atoms. The minimum absolute atomic E-state index is 0. The topological polar surface area (TPSA) is 40.5 Å². The Hall–Kier alpha value is -1.72. The van der Waals surface area contributed by atoms with E-state index in [0.717, 1.165) is 6.07 Å². The summed E-state index contributed by atoms with van der Waals surface area (Å²) in [4.78, 5) is 0. The third-order valence-corrected chi connectivity index (χ3v) is 2.46. The normalized spacial score (nSPS) is 9.78. The van der Waals surface area contributed by atoms with Crippen LogP contribution >= 0.6 is 0 Å². The number of rotatable bonds is 2. The number of benzene rings is 2. The van der Waals surface area contributed by atoms with Crippen LogP contribution in [0.3, 0.4) is 0 Å². The summed E-state index contributed by atoms with van der Waals surface area (Å²) in [5, 5.41) is 17.7. The maximum Gasteiger partial charge on any atom is 0.491 e. The van der Waals surface area contributed by atoms with Gasteiger partial charge in [0.1, 0.15) is 11.6 Å². The fourth-order valence-electron chi connectivity index (χ4n) is 1.60. The van der Waals surface area contributed by atoms with Crippen molar-refractivity contribution in [3.05, 3.63) is 54.1 Å². The molecule has 0 aliphatic carbocycles. The van der Waals surface area contributed by atoms with Gasteiger partial charge in [-0.25, -0.2) is 8.78 Å². The molecule has 0 unspecified atom stereocenters. The second kappa shape index (κ2) is 5.75. The molecule has 0 aliphatic rings. The van der Waals surface area contributed by atoms with Gasteiger partial charge in [0, 0.05) is 11.0 Å². The van der Waals surface area contributed by atoms with Gasteiger partial charge in [0.05, 0.1) is 0 Å². The van der Waals surface area contributed by atoms with Crippen molar-refractivity contribution in [3.63, 3.8) is 0 Å². The molecule has 18 heavy (non-hydrogen) atoms. The Labute approximate surface area is 105 Å². The van der Waals surface area contributed by atoms with Crippen molar-refractivity contribution in [2.75, 3.05) is 0 Å². The quantitative estimate of drug-likeness (QED) is 0.799. The maximum atomic E-state index is 13.5. The van der Waals surface area contributed by atoms with Crippen molar-refractivity contribution < 1.29 is 18.8 Å². The SMILES string of the molecule is C.OB(O)c1ccc(-c2ccccc2F)cc1F. The lowest BCUT2D eigenvalue weighted by Crippen LogP contribution is -2.32. The Morgan fingerprint density at radius 1 is 0.889 bits per heavy atom. The van der Waals surface area contributed by atoms with Crippen molar-refractivity contribution >= 4 is 12.6 Å². The Balaban J connectivity index is 0.00000162. The van der Waals surface area contributed by atoms with Gasteiger partial charge in [-0.1, -0.05) is 37.8 Å². The molecule has 0 heterocycles. The van der Waals surface area contributed by atoms with Gasteiger partial charge >= 0.3 is 7.12 Å². The minimum Gasteiger partial charge on any atom is -0.423 e. The molecular weight excluding hydrogens is 237 g/mol. The molecule has 94 valence electrons. The van der Waals surface area contributed by atoms with Gasteiger partial charge in [-0.15, -0.1) is 0 Å². The molecule has 0 saturated carbocycles. The zero-order valence-corrected chi connectivity index (χ0v) is 8.77. The Kier molecular flexibility index (Phi) is 4.58. The second-order valence-electron chi connectivity index (χ2n) is 3.59. The average molecular weight is 250 g/mol. The van der Waals surface area contributed by atoms with Crippen LogP contribution in [0, 0.1) is 11.6 Å². The van der Waals surface area contributed by atoms with Gasteiger partial charge < -0.3 is 10.0 Å². The van der Waals surface area contributed by atoms with Crippen LogP contribution in [0.4, 0.5) is 8.78 Å². The molecule has 5 heteroatoms. The summed E-state index contributed by atoms with van der Waals surface area (Å²) in [6.07, 6.45) is 0. The van der Waals surface area contributed by atoms with Crippen LogP contribution in [0.2, 0.25) is 0 Å². The first kappa shape index (κ1) is 14.3. The molecule has 0 aliphatic heterocycles. The molecule has 2 rings (SSSR count). The highest BCUT2D eigenvalue weighted by Gasteiger charge is 2.17. The van der Waals surface area contributed by atoms with Crippen LogP contribution in [0.15, 0.2) is 42.5 Å². The van der Waals surface area contributed by atoms with E-state index in [0.29, 0.717) is 5.56 Å². The zero-order chi connectivity index (χ0) is 12.4. The van der Waals surface area contributed by atoms with Crippen molar-refractivity contribution in [2.24, 2.45) is 0 Å². The van der Waals surface area contributed by atoms with Gasteiger partial charge in [0.15, 0.2) is 0 Å². The average Bonchev–Trinajstić information content (AvgIpc) is 2.29. The third kappa shape index (κ3) is 2.75. The number of hydrogen-bond donors (Lipinski definition) is 2. The predicted molar refractivity (Wildman–Crippen MR) is 68.4 cm³/mol. The summed E-state index contributed by atoms with van der Waals surface area (Å²) in [6, 6.07) is 9.73. The Morgan fingerprint density at radius 2 is 1.56 bits per heavy atom. The molecular formula is C13H13BF2O2. The van der Waals surface area contributed by atoms with Gasteiger partial charge in [-0.3, -0.25) is 0 Å². The first-order valence-electron chi connectivity index (χ1n) is 5.00. The van der Waals surface area contributed by atoms with E-state index in [2.05, 4.69) is 0 Å². The lowest BCUT2D eigenvalue weighted by atomic mass is 9.79. The highest BCUT2D eigenvalue weighted by atomic mass is 19.1. The van der Waals surface area contributed by atoms with Crippen molar-refractivity contribution in [2.45, 2.75) is 7.43 Å². The van der Waals surface area contributed by atoms with Gasteiger partial charge in [-0.2, -0.15) is 0 Å². The van der Waals surface area contributed by atoms with Crippen LogP contribution in [0.5, 0.6) is 0 Å². The Bertz CT molecular complexity index is 544. The van der Waals surface area contributed by atoms with Crippen molar-refractivity contribution in [1.82, 2.24) is 0 Å². The van der Waals surface area contributed by atoms with Crippen molar-refractivity contribution in [3.8, 4) is 11.1 Å². The van der Waals surface area contributed by atoms with E-state index in [4.69, 9.17) is 10.0 Å². The number of hydrogen-bond acceptors (Lipinski definition) is 2. The van der Waals surface area contributed by atoms with Crippen LogP contribution in [0.25, 0.3) is 11.1 Å². The summed E-state index contributed by atoms with van der Waals surface area (Å²) in [6.45, 7) is 0. The van der Waals surface area contributed by atoms with E-state index < -0.39 is 18.8 Å². The van der Waals surface area contributed by atoms with Crippen LogP contribution in [-0.2, 0) is 0 Å². The standard InChI is InChI=1S/C12H9BF2O2.CH4/c14-11-4-2-1-3-9(11)8-5-6-10(13(16)17)12(15)7-8;/h1-7,16-17H;1H4. The van der Waals surface area contributed by atoms with Crippen molar-refractivity contribution in [1.29, 1.82) is 0 Å². The molecule has 0 amide bonds. The zero-order valence-electron chi connectivity index (χ0n) is 8.77. The fourth-order valence-corrected chi connectivity index (χ4v) is 1.60. The monoisotopic (exact) mass is 250 g/mol. The van der Waals surface area contributed by atoms with Gasteiger partial charge in [0.2, 0.25) is 0 Å². The second-order valence-corrected chi connectivity index (χ2v) is 3.59. The summed E-state index contributed by atoms with van der Waals surface area (Å²) < 4.78 is 26.9. The van der Waals surface area contributed by atoms with E-state index >= 15 is 0 Å². The summed E-state index contributed by atoms with van der Waals surface area (Å²) in [5.41, 5.74) is 0.389. The Morgan fingerprint density at radius 3 is 2.11 bits per heavy atom. The summed E-state index contributed by atoms with van der Waals surface area (Å²) in [7, 11) is -1.87. The largest absolute Gasteiger partial charge is 0.491 e. The smallest absolute Gasteiger partial charge is 0.423 e. The van der Waals surface area contributed by atoms with E-state index in [-0.39, 0.29) is 18.5 Å². The highest BCUT2D eigenvalue weighted by Crippen LogP contribution is 2.22. The molecule has 2 nitrogen and oxygen atoms in total. The minimum atomic E-state index is -1.87. The third-order valence-electron chi connectivity index (χ3n) is 2.46. The van der Waals surface area contributed by atoms with Gasteiger partial charge in [-0.05, 0) is 17.7 Å². The lowest BCUT2D eigenvalue weighted by molar-refractivity contribution is 0.423. The summed E-state index contributed by atoms with van der Waals surface area (Å²) in [5.74, 6) is -1.23. The van der Waals surface area contributed by atoms with Gasteiger partial charge in [0.25, 0.3) is 0 Å². The first-order valence-corrected chi connectivity index (χ1v) is 5.00. The number of halogens is 2. The molecule has 0 aromatic heterocycles. The molecule has 0 fully saturated rings. The molecule has 0 spiro atoms. The molecule has 0 saturated heterocycles. The first-order chi connectivity index (χ1) is 8.09. The molecule has 0 radical (unpaired) electrons. The predicted octanol–water partition coefficient (Wildman–Crippen LogP) is 1.95. The fraction of sp³-hybridized carbons (Fsp3) is 0.0769. The summed E-state index contributed by atoms with van der Waals surface area (Å²) >= 11 is 0. The van der Waals surface area contributed by atoms with Crippen LogP contribution in [0.1, 0.15) is 7.43 Å². The van der Waals surface area contributed by atoms with E-state index in [1.54, 1.807) is 12.1 Å². The van der Waals surface area contributed by atoms with Crippen LogP contribution in [-0.4, -0.2) is 17.2 Å².